The van der Waals surface area contributed by atoms with E-state index in [9.17, 15) is 14.5 Å². The van der Waals surface area contributed by atoms with Gasteiger partial charge in [0.25, 0.3) is 5.69 Å². The average Bonchev–Trinajstić information content (AvgIpc) is 2.56. The molecule has 0 atom stereocenters. The smallest absolute Gasteiger partial charge is 0.269 e. The Bertz CT molecular complexity index is 900. The van der Waals surface area contributed by atoms with Gasteiger partial charge in [-0.05, 0) is 36.2 Å². The van der Waals surface area contributed by atoms with E-state index in [0.29, 0.717) is 34.7 Å². The van der Waals surface area contributed by atoms with Crippen molar-refractivity contribution in [1.29, 1.82) is 0 Å². The molecule has 0 aliphatic rings. The molecule has 0 amide bonds. The fourth-order valence-electron chi connectivity index (χ4n) is 2.44. The fraction of sp³-hybridized carbons (Fsp3) is 0.118. The molecule has 1 heterocycles. The number of hydrogen-bond acceptors (Lipinski definition) is 4. The summed E-state index contributed by atoms with van der Waals surface area (Å²) in [4.78, 5) is 14.4. The molecule has 0 saturated carbocycles. The summed E-state index contributed by atoms with van der Waals surface area (Å²) in [6.45, 7) is 0.573. The van der Waals surface area contributed by atoms with Crippen molar-refractivity contribution in [3.63, 3.8) is 0 Å². The van der Waals surface area contributed by atoms with Crippen molar-refractivity contribution >= 4 is 33.9 Å². The Kier molecular flexibility index (Phi) is 4.57. The summed E-state index contributed by atoms with van der Waals surface area (Å²) in [6, 6.07) is 12.4. The number of rotatable bonds is 5. The molecule has 0 aliphatic carbocycles. The largest absolute Gasteiger partial charge is 0.384 e. The lowest BCUT2D eigenvalue weighted by molar-refractivity contribution is -0.384. The number of halogens is 2. The third kappa shape index (κ3) is 3.60. The van der Waals surface area contributed by atoms with E-state index in [4.69, 9.17) is 11.6 Å². The van der Waals surface area contributed by atoms with E-state index in [1.807, 2.05) is 0 Å². The molecule has 0 fully saturated rings. The molecule has 1 N–H and O–H groups in total. The molecule has 0 aliphatic heterocycles. The van der Waals surface area contributed by atoms with Crippen LogP contribution in [0.4, 0.5) is 15.8 Å². The summed E-state index contributed by atoms with van der Waals surface area (Å²) in [7, 11) is 0. The van der Waals surface area contributed by atoms with Gasteiger partial charge in [-0.25, -0.2) is 9.37 Å². The molecule has 1 aromatic heterocycles. The molecule has 3 rings (SSSR count). The number of nitro groups is 1. The van der Waals surface area contributed by atoms with E-state index in [2.05, 4.69) is 10.3 Å². The minimum absolute atomic E-state index is 0.0640. The molecule has 2 aromatic carbocycles. The molecular weight excluding hydrogens is 333 g/mol. The molecule has 0 saturated heterocycles. The van der Waals surface area contributed by atoms with Crippen molar-refractivity contribution < 1.29 is 9.31 Å². The number of nitrogens with zero attached hydrogens (tertiary/aromatic N) is 2. The van der Waals surface area contributed by atoms with Crippen LogP contribution in [0.1, 0.15) is 5.56 Å². The first-order valence-electron chi connectivity index (χ1n) is 7.26. The minimum atomic E-state index is -0.429. The Labute approximate surface area is 142 Å². The van der Waals surface area contributed by atoms with Crippen molar-refractivity contribution in [2.75, 3.05) is 11.9 Å². The molecule has 3 aromatic rings. The Morgan fingerprint density at radius 1 is 1.17 bits per heavy atom. The Morgan fingerprint density at radius 3 is 2.62 bits per heavy atom. The summed E-state index contributed by atoms with van der Waals surface area (Å²) in [5.74, 6) is -0.343. The molecule has 122 valence electrons. The minimum Gasteiger partial charge on any atom is -0.384 e. The van der Waals surface area contributed by atoms with Gasteiger partial charge < -0.3 is 5.32 Å². The molecule has 24 heavy (non-hydrogen) atoms. The van der Waals surface area contributed by atoms with Crippen LogP contribution < -0.4 is 5.32 Å². The Morgan fingerprint density at radius 2 is 1.92 bits per heavy atom. The van der Waals surface area contributed by atoms with Crippen LogP contribution in [-0.2, 0) is 6.42 Å². The monoisotopic (exact) mass is 345 g/mol. The molecule has 5 nitrogen and oxygen atoms in total. The summed E-state index contributed by atoms with van der Waals surface area (Å²) in [6.07, 6.45) is 0.661. The standard InChI is InChI=1S/C17H13ClFN3O2/c18-17-10-16(14-9-12(19)3-6-15(14)21-17)20-8-7-11-1-4-13(5-2-11)22(23)24/h1-6,9-10H,7-8H2,(H,20,21). The zero-order chi connectivity index (χ0) is 17.1. The number of benzene rings is 2. The van der Waals surface area contributed by atoms with Gasteiger partial charge >= 0.3 is 0 Å². The van der Waals surface area contributed by atoms with E-state index >= 15 is 0 Å². The maximum absolute atomic E-state index is 13.5. The number of anilines is 1. The summed E-state index contributed by atoms with van der Waals surface area (Å²) in [5, 5.41) is 14.8. The summed E-state index contributed by atoms with van der Waals surface area (Å²) < 4.78 is 13.5. The van der Waals surface area contributed by atoms with Crippen LogP contribution in [0, 0.1) is 15.9 Å². The van der Waals surface area contributed by atoms with Crippen LogP contribution in [0.3, 0.4) is 0 Å². The normalized spacial score (nSPS) is 10.8. The van der Waals surface area contributed by atoms with E-state index in [1.165, 1.54) is 24.3 Å². The summed E-state index contributed by atoms with van der Waals surface area (Å²) >= 11 is 6.00. The number of fused-ring (bicyclic) bond motifs is 1. The number of nitro benzene ring substituents is 1. The van der Waals surface area contributed by atoms with Crippen molar-refractivity contribution in [3.8, 4) is 0 Å². The van der Waals surface area contributed by atoms with E-state index < -0.39 is 4.92 Å². The lowest BCUT2D eigenvalue weighted by Crippen LogP contribution is -2.06. The second-order valence-electron chi connectivity index (χ2n) is 5.25. The van der Waals surface area contributed by atoms with Gasteiger partial charge in [0.1, 0.15) is 11.0 Å². The van der Waals surface area contributed by atoms with Gasteiger partial charge in [-0.15, -0.1) is 0 Å². The Hall–Kier alpha value is -2.73. The highest BCUT2D eigenvalue weighted by Gasteiger charge is 2.07. The fourth-order valence-corrected chi connectivity index (χ4v) is 2.64. The van der Waals surface area contributed by atoms with Gasteiger partial charge in [-0.1, -0.05) is 23.7 Å². The first kappa shape index (κ1) is 16.1. The van der Waals surface area contributed by atoms with Crippen LogP contribution in [0.2, 0.25) is 5.15 Å². The van der Waals surface area contributed by atoms with E-state index in [1.54, 1.807) is 24.3 Å². The number of aromatic nitrogens is 1. The van der Waals surface area contributed by atoms with Gasteiger partial charge in [-0.2, -0.15) is 0 Å². The molecular formula is C17H13ClFN3O2. The van der Waals surface area contributed by atoms with E-state index in [-0.39, 0.29) is 11.5 Å². The first-order valence-corrected chi connectivity index (χ1v) is 7.64. The predicted molar refractivity (Wildman–Crippen MR) is 92.0 cm³/mol. The van der Waals surface area contributed by atoms with Crippen LogP contribution in [0.15, 0.2) is 48.5 Å². The van der Waals surface area contributed by atoms with Gasteiger partial charge in [0.2, 0.25) is 0 Å². The number of nitrogens with one attached hydrogen (secondary N) is 1. The number of pyridine rings is 1. The number of hydrogen-bond donors (Lipinski definition) is 1. The second kappa shape index (κ2) is 6.80. The van der Waals surface area contributed by atoms with Crippen LogP contribution in [0.5, 0.6) is 0 Å². The molecule has 0 spiro atoms. The average molecular weight is 346 g/mol. The van der Waals surface area contributed by atoms with Crippen LogP contribution >= 0.6 is 11.6 Å². The van der Waals surface area contributed by atoms with Crippen molar-refractivity contribution in [2.24, 2.45) is 0 Å². The summed E-state index contributed by atoms with van der Waals surface area (Å²) in [5.41, 5.74) is 2.34. The molecule has 0 bridgehead atoms. The third-order valence-electron chi connectivity index (χ3n) is 3.62. The molecule has 7 heteroatoms. The third-order valence-corrected chi connectivity index (χ3v) is 3.81. The molecule has 0 unspecified atom stereocenters. The maximum Gasteiger partial charge on any atom is 0.269 e. The van der Waals surface area contributed by atoms with Crippen molar-refractivity contribution in [2.45, 2.75) is 6.42 Å². The van der Waals surface area contributed by atoms with Gasteiger partial charge in [-0.3, -0.25) is 10.1 Å². The number of non-ortho nitro benzene ring substituents is 1. The topological polar surface area (TPSA) is 68.1 Å². The maximum atomic E-state index is 13.5. The van der Waals surface area contributed by atoms with Crippen molar-refractivity contribution in [1.82, 2.24) is 4.98 Å². The van der Waals surface area contributed by atoms with Gasteiger partial charge in [0.05, 0.1) is 10.4 Å². The lowest BCUT2D eigenvalue weighted by Gasteiger charge is -2.10. The van der Waals surface area contributed by atoms with Crippen LogP contribution in [0.25, 0.3) is 10.9 Å². The zero-order valence-corrected chi connectivity index (χ0v) is 13.3. The van der Waals surface area contributed by atoms with Crippen LogP contribution in [-0.4, -0.2) is 16.5 Å². The highest BCUT2D eigenvalue weighted by molar-refractivity contribution is 6.30. The van der Waals surface area contributed by atoms with Gasteiger partial charge in [0, 0.05) is 29.8 Å². The predicted octanol–water partition coefficient (Wildman–Crippen LogP) is 4.59. The first-order chi connectivity index (χ1) is 11.5. The van der Waals surface area contributed by atoms with Crippen molar-refractivity contribution in [3.05, 3.63) is 75.2 Å². The quantitative estimate of drug-likeness (QED) is 0.417. The van der Waals surface area contributed by atoms with Gasteiger partial charge in [0.15, 0.2) is 0 Å². The Balaban J connectivity index is 1.73. The SMILES string of the molecule is O=[N+]([O-])c1ccc(CCNc2cc(Cl)nc3ccc(F)cc23)cc1. The zero-order valence-electron chi connectivity index (χ0n) is 12.5. The highest BCUT2D eigenvalue weighted by atomic mass is 35.5. The second-order valence-corrected chi connectivity index (χ2v) is 5.64. The molecule has 0 radical (unpaired) electrons. The lowest BCUT2D eigenvalue weighted by atomic mass is 10.1. The highest BCUT2D eigenvalue weighted by Crippen LogP contribution is 2.26. The van der Waals surface area contributed by atoms with E-state index in [0.717, 1.165) is 5.56 Å².